The van der Waals surface area contributed by atoms with Gasteiger partial charge in [0.05, 0.1) is 0 Å². The van der Waals surface area contributed by atoms with Crippen LogP contribution in [0.25, 0.3) is 0 Å². The first-order valence-electron chi connectivity index (χ1n) is 8.89. The maximum Gasteiger partial charge on any atom is 0.334 e. The van der Waals surface area contributed by atoms with Crippen LogP contribution in [0.5, 0.6) is 0 Å². The van der Waals surface area contributed by atoms with Crippen molar-refractivity contribution in [2.75, 3.05) is 0 Å². The van der Waals surface area contributed by atoms with Crippen LogP contribution in [0.15, 0.2) is 24.3 Å². The van der Waals surface area contributed by atoms with Gasteiger partial charge in [-0.25, -0.2) is 4.79 Å². The minimum absolute atomic E-state index is 0.112. The molecule has 0 bridgehead atoms. The predicted molar refractivity (Wildman–Crippen MR) is 90.7 cm³/mol. The largest absolute Gasteiger partial charge is 0.456 e. The van der Waals surface area contributed by atoms with Crippen molar-refractivity contribution in [3.8, 4) is 0 Å². The van der Waals surface area contributed by atoms with E-state index in [1.54, 1.807) is 6.92 Å². The van der Waals surface area contributed by atoms with Gasteiger partial charge in [-0.3, -0.25) is 0 Å². The van der Waals surface area contributed by atoms with Crippen molar-refractivity contribution in [2.45, 2.75) is 71.5 Å². The Hall–Kier alpha value is -1.09. The number of rotatable bonds is 2. The van der Waals surface area contributed by atoms with Crippen LogP contribution >= 0.6 is 0 Å². The van der Waals surface area contributed by atoms with Crippen LogP contribution < -0.4 is 0 Å². The first kappa shape index (κ1) is 16.8. The molecule has 0 radical (unpaired) electrons. The second-order valence-corrected chi connectivity index (χ2v) is 8.91. The number of cyclic esters (lactones) is 1. The van der Waals surface area contributed by atoms with Crippen LogP contribution in [0.3, 0.4) is 0 Å². The van der Waals surface area contributed by atoms with E-state index in [0.29, 0.717) is 17.8 Å². The molecule has 3 rings (SSSR count). The molecule has 2 fully saturated rings. The topological polar surface area (TPSA) is 46.5 Å². The number of allylic oxidation sites excluding steroid dienone is 1. The highest BCUT2D eigenvalue weighted by atomic mass is 16.6. The van der Waals surface area contributed by atoms with Gasteiger partial charge in [0.1, 0.15) is 11.7 Å². The third-order valence-electron chi connectivity index (χ3n) is 7.02. The second-order valence-electron chi connectivity index (χ2n) is 8.91. The molecule has 1 saturated carbocycles. The lowest BCUT2D eigenvalue weighted by molar-refractivity contribution is -0.170. The Balaban J connectivity index is 1.99. The molecule has 1 aliphatic heterocycles. The minimum Gasteiger partial charge on any atom is -0.456 e. The maximum atomic E-state index is 12.5. The normalized spacial score (nSPS) is 41.7. The van der Waals surface area contributed by atoms with Crippen molar-refractivity contribution >= 4 is 5.97 Å². The van der Waals surface area contributed by atoms with Crippen molar-refractivity contribution in [1.29, 1.82) is 0 Å². The Morgan fingerprint density at radius 2 is 2.09 bits per heavy atom. The number of ether oxygens (including phenoxy) is 1. The van der Waals surface area contributed by atoms with E-state index in [2.05, 4.69) is 33.4 Å². The summed E-state index contributed by atoms with van der Waals surface area (Å²) in [7, 11) is 0. The summed E-state index contributed by atoms with van der Waals surface area (Å²) >= 11 is 0. The molecule has 128 valence electrons. The molecular weight excluding hydrogens is 288 g/mol. The number of hydrogen-bond donors (Lipinski definition) is 1. The fourth-order valence-corrected chi connectivity index (χ4v) is 5.48. The van der Waals surface area contributed by atoms with Gasteiger partial charge in [0.25, 0.3) is 0 Å². The minimum atomic E-state index is -1.17. The van der Waals surface area contributed by atoms with E-state index in [9.17, 15) is 9.90 Å². The van der Waals surface area contributed by atoms with E-state index in [-0.39, 0.29) is 17.3 Å². The average molecular weight is 318 g/mol. The van der Waals surface area contributed by atoms with Gasteiger partial charge in [0, 0.05) is 11.5 Å². The number of aliphatic hydroxyl groups is 1. The SMILES string of the molecule is C=C[C@@](C)(O)[C@@H]1C[C@H]2C(=CC[C@H]3C(C)(C)CCC[C@]23C)C(=O)O1. The van der Waals surface area contributed by atoms with Crippen LogP contribution in [0, 0.1) is 22.7 Å². The number of esters is 1. The van der Waals surface area contributed by atoms with Crippen LogP contribution in [0.4, 0.5) is 0 Å². The second kappa shape index (κ2) is 5.20. The third kappa shape index (κ3) is 2.48. The quantitative estimate of drug-likeness (QED) is 0.618. The van der Waals surface area contributed by atoms with E-state index in [1.807, 2.05) is 0 Å². The third-order valence-corrected chi connectivity index (χ3v) is 7.02. The van der Waals surface area contributed by atoms with Crippen molar-refractivity contribution in [1.82, 2.24) is 0 Å². The Morgan fingerprint density at radius 1 is 1.39 bits per heavy atom. The molecule has 1 N–H and O–H groups in total. The lowest BCUT2D eigenvalue weighted by Crippen LogP contribution is -2.55. The monoisotopic (exact) mass is 318 g/mol. The summed E-state index contributed by atoms with van der Waals surface area (Å²) in [4.78, 5) is 12.5. The van der Waals surface area contributed by atoms with Gasteiger partial charge in [-0.1, -0.05) is 39.3 Å². The predicted octanol–water partition coefficient (Wildman–Crippen LogP) is 4.02. The van der Waals surface area contributed by atoms with Gasteiger partial charge >= 0.3 is 5.97 Å². The zero-order valence-corrected chi connectivity index (χ0v) is 14.9. The highest BCUT2D eigenvalue weighted by Gasteiger charge is 2.56. The van der Waals surface area contributed by atoms with Gasteiger partial charge in [0.2, 0.25) is 0 Å². The van der Waals surface area contributed by atoms with E-state index in [1.165, 1.54) is 18.9 Å². The molecule has 3 heteroatoms. The van der Waals surface area contributed by atoms with Gasteiger partial charge in [0.15, 0.2) is 0 Å². The number of hydrogen-bond acceptors (Lipinski definition) is 3. The van der Waals surface area contributed by atoms with Crippen LogP contribution in [-0.4, -0.2) is 22.8 Å². The first-order valence-corrected chi connectivity index (χ1v) is 8.89. The summed E-state index contributed by atoms with van der Waals surface area (Å²) in [6, 6.07) is 0. The molecule has 0 amide bonds. The Labute approximate surface area is 139 Å². The van der Waals surface area contributed by atoms with Crippen molar-refractivity contribution in [3.63, 3.8) is 0 Å². The van der Waals surface area contributed by atoms with Crippen LogP contribution in [-0.2, 0) is 9.53 Å². The van der Waals surface area contributed by atoms with E-state index < -0.39 is 11.7 Å². The molecule has 0 aromatic carbocycles. The highest BCUT2D eigenvalue weighted by molar-refractivity contribution is 5.90. The molecule has 0 spiro atoms. The summed E-state index contributed by atoms with van der Waals surface area (Å²) in [5.74, 6) is 0.521. The molecule has 0 aromatic heterocycles. The van der Waals surface area contributed by atoms with E-state index in [4.69, 9.17) is 4.74 Å². The molecule has 2 aliphatic carbocycles. The van der Waals surface area contributed by atoms with E-state index >= 15 is 0 Å². The molecule has 3 nitrogen and oxygen atoms in total. The van der Waals surface area contributed by atoms with Gasteiger partial charge < -0.3 is 9.84 Å². The molecule has 1 heterocycles. The lowest BCUT2D eigenvalue weighted by Gasteiger charge is -2.58. The maximum absolute atomic E-state index is 12.5. The van der Waals surface area contributed by atoms with Gasteiger partial charge in [-0.05, 0) is 49.4 Å². The molecule has 23 heavy (non-hydrogen) atoms. The molecule has 0 unspecified atom stereocenters. The molecular formula is C20H30O3. The molecule has 5 atom stereocenters. The fourth-order valence-electron chi connectivity index (χ4n) is 5.48. The van der Waals surface area contributed by atoms with E-state index in [0.717, 1.165) is 18.4 Å². The smallest absolute Gasteiger partial charge is 0.334 e. The summed E-state index contributed by atoms with van der Waals surface area (Å²) in [5.41, 5.74) is 0.0833. The zero-order chi connectivity index (χ0) is 17.0. The Bertz CT molecular complexity index is 557. The highest BCUT2D eigenvalue weighted by Crippen LogP contribution is 2.61. The summed E-state index contributed by atoms with van der Waals surface area (Å²) in [5, 5.41) is 10.5. The van der Waals surface area contributed by atoms with Crippen molar-refractivity contribution in [2.24, 2.45) is 22.7 Å². The van der Waals surface area contributed by atoms with Crippen molar-refractivity contribution in [3.05, 3.63) is 24.3 Å². The molecule has 0 aromatic rings. The Morgan fingerprint density at radius 3 is 2.74 bits per heavy atom. The van der Waals surface area contributed by atoms with Crippen molar-refractivity contribution < 1.29 is 14.6 Å². The number of carbonyl (C=O) groups is 1. The molecule has 3 aliphatic rings. The molecule has 1 saturated heterocycles. The summed E-state index contributed by atoms with van der Waals surface area (Å²) < 4.78 is 5.56. The summed E-state index contributed by atoms with van der Waals surface area (Å²) in [6.45, 7) is 12.5. The zero-order valence-electron chi connectivity index (χ0n) is 14.9. The van der Waals surface area contributed by atoms with Crippen LogP contribution in [0.1, 0.15) is 59.8 Å². The van der Waals surface area contributed by atoms with Gasteiger partial charge in [-0.15, -0.1) is 6.58 Å². The standard InChI is InChI=1S/C20H30O3/c1-6-20(5,22)16-12-14-13(17(21)23-16)8-9-15-18(2,3)10-7-11-19(14,15)4/h6,8,14-16,22H,1,7,9-12H2,2-5H3/t14-,15-,16-,19+,20+/m0/s1. The number of carbonyl (C=O) groups excluding carboxylic acids is 1. The fraction of sp³-hybridized carbons (Fsp3) is 0.750. The van der Waals surface area contributed by atoms with Gasteiger partial charge in [-0.2, -0.15) is 0 Å². The Kier molecular flexibility index (Phi) is 3.79. The first-order chi connectivity index (χ1) is 10.6. The lowest BCUT2D eigenvalue weighted by atomic mass is 9.47. The average Bonchev–Trinajstić information content (AvgIpc) is 2.46. The number of fused-ring (bicyclic) bond motifs is 3. The van der Waals surface area contributed by atoms with Crippen LogP contribution in [0.2, 0.25) is 0 Å². The summed E-state index contributed by atoms with van der Waals surface area (Å²) in [6.07, 6.45) is 8.38.